The van der Waals surface area contributed by atoms with Gasteiger partial charge in [0.25, 0.3) is 0 Å². The highest BCUT2D eigenvalue weighted by atomic mass is 16.5. The molecule has 2 fully saturated rings. The van der Waals surface area contributed by atoms with Crippen LogP contribution in [0, 0.1) is 6.92 Å². The van der Waals surface area contributed by atoms with Gasteiger partial charge < -0.3 is 14.7 Å². The van der Waals surface area contributed by atoms with Crippen LogP contribution in [0.1, 0.15) is 48.1 Å². The van der Waals surface area contributed by atoms with E-state index < -0.39 is 0 Å². The SMILES string of the molecule is Cc1ccc(C2(c3ccc(OCc4ccnc(N5CC[C@@H](O)C5)n4)cc3)CCC2)cc1. The third-order valence-electron chi connectivity index (χ3n) is 6.75. The quantitative estimate of drug-likeness (QED) is 0.646. The summed E-state index contributed by atoms with van der Waals surface area (Å²) in [4.78, 5) is 11.0. The number of ether oxygens (including phenoxy) is 1. The van der Waals surface area contributed by atoms with Crippen LogP contribution < -0.4 is 9.64 Å². The second-order valence-corrected chi connectivity index (χ2v) is 8.85. The fourth-order valence-electron chi connectivity index (χ4n) is 4.72. The maximum atomic E-state index is 9.75. The summed E-state index contributed by atoms with van der Waals surface area (Å²) in [5.41, 5.74) is 5.07. The van der Waals surface area contributed by atoms with Crippen molar-refractivity contribution in [1.29, 1.82) is 0 Å². The predicted molar refractivity (Wildman–Crippen MR) is 121 cm³/mol. The van der Waals surface area contributed by atoms with Crippen LogP contribution in [0.5, 0.6) is 5.75 Å². The molecule has 5 rings (SSSR count). The molecule has 2 heterocycles. The average molecular weight is 416 g/mol. The van der Waals surface area contributed by atoms with Gasteiger partial charge >= 0.3 is 0 Å². The van der Waals surface area contributed by atoms with Gasteiger partial charge in [0.15, 0.2) is 0 Å². The monoisotopic (exact) mass is 415 g/mol. The first-order valence-electron chi connectivity index (χ1n) is 11.2. The fourth-order valence-corrected chi connectivity index (χ4v) is 4.72. The lowest BCUT2D eigenvalue weighted by Crippen LogP contribution is -2.35. The van der Waals surface area contributed by atoms with E-state index in [1.54, 1.807) is 6.20 Å². The lowest BCUT2D eigenvalue weighted by Gasteiger charge is -2.43. The van der Waals surface area contributed by atoms with Gasteiger partial charge in [0.1, 0.15) is 12.4 Å². The Hall–Kier alpha value is -2.92. The van der Waals surface area contributed by atoms with Crippen molar-refractivity contribution in [3.05, 3.63) is 83.2 Å². The molecule has 1 aromatic heterocycles. The maximum Gasteiger partial charge on any atom is 0.225 e. The zero-order chi connectivity index (χ0) is 21.3. The van der Waals surface area contributed by atoms with E-state index in [0.717, 1.165) is 24.4 Å². The third-order valence-corrected chi connectivity index (χ3v) is 6.75. The topological polar surface area (TPSA) is 58.5 Å². The molecule has 1 N–H and O–H groups in total. The molecule has 1 atom stereocenters. The van der Waals surface area contributed by atoms with Crippen LogP contribution in [0.15, 0.2) is 60.8 Å². The summed E-state index contributed by atoms with van der Waals surface area (Å²) in [6.45, 7) is 3.91. The number of β-amino-alcohol motifs (C(OH)–C–C–N with tert-alkyl or cyclic N) is 1. The van der Waals surface area contributed by atoms with E-state index in [9.17, 15) is 5.11 Å². The van der Waals surface area contributed by atoms with Crippen molar-refractivity contribution in [2.24, 2.45) is 0 Å². The molecule has 0 spiro atoms. The van der Waals surface area contributed by atoms with Gasteiger partial charge in [0, 0.05) is 24.7 Å². The number of anilines is 1. The van der Waals surface area contributed by atoms with Gasteiger partial charge in [-0.3, -0.25) is 0 Å². The molecule has 31 heavy (non-hydrogen) atoms. The van der Waals surface area contributed by atoms with Gasteiger partial charge in [-0.15, -0.1) is 0 Å². The lowest BCUT2D eigenvalue weighted by atomic mass is 9.60. The molecule has 0 unspecified atom stereocenters. The van der Waals surface area contributed by atoms with Crippen LogP contribution in [0.4, 0.5) is 5.95 Å². The Bertz CT molecular complexity index is 1030. The van der Waals surface area contributed by atoms with Crippen molar-refractivity contribution < 1.29 is 9.84 Å². The van der Waals surface area contributed by atoms with Gasteiger partial charge in [-0.1, -0.05) is 48.4 Å². The minimum atomic E-state index is -0.291. The predicted octanol–water partition coefficient (Wildman–Crippen LogP) is 4.41. The first kappa shape index (κ1) is 20.0. The van der Waals surface area contributed by atoms with Crippen LogP contribution >= 0.6 is 0 Å². The minimum absolute atomic E-state index is 0.147. The zero-order valence-corrected chi connectivity index (χ0v) is 18.0. The first-order chi connectivity index (χ1) is 15.1. The van der Waals surface area contributed by atoms with E-state index in [0.29, 0.717) is 19.1 Å². The van der Waals surface area contributed by atoms with Crippen molar-refractivity contribution in [3.8, 4) is 5.75 Å². The summed E-state index contributed by atoms with van der Waals surface area (Å²) in [6, 6.07) is 19.4. The number of aliphatic hydroxyl groups excluding tert-OH is 1. The molecule has 2 aromatic carbocycles. The van der Waals surface area contributed by atoms with E-state index in [2.05, 4.69) is 65.4 Å². The molecule has 2 aliphatic rings. The molecule has 5 nitrogen and oxygen atoms in total. The standard InChI is InChI=1S/C26H29N3O2/c1-19-3-5-20(6-4-19)26(13-2-14-26)21-7-9-24(10-8-21)31-18-22-11-15-27-25(28-22)29-16-12-23(30)17-29/h3-11,15,23,30H,2,12-14,16-18H2,1H3/t23-/m1/s1. The van der Waals surface area contributed by atoms with Gasteiger partial charge in [-0.25, -0.2) is 9.97 Å². The summed E-state index contributed by atoms with van der Waals surface area (Å²) in [6.07, 6.45) is 5.91. The largest absolute Gasteiger partial charge is 0.487 e. The third kappa shape index (κ3) is 4.02. The molecule has 1 saturated heterocycles. The van der Waals surface area contributed by atoms with Gasteiger partial charge in [-0.2, -0.15) is 0 Å². The fraction of sp³-hybridized carbons (Fsp3) is 0.385. The molecule has 0 bridgehead atoms. The van der Waals surface area contributed by atoms with Crippen LogP contribution in [-0.2, 0) is 12.0 Å². The van der Waals surface area contributed by atoms with Gasteiger partial charge in [0.05, 0.1) is 11.8 Å². The van der Waals surface area contributed by atoms with E-state index in [4.69, 9.17) is 4.74 Å². The molecule has 5 heteroatoms. The lowest BCUT2D eigenvalue weighted by molar-refractivity contribution is 0.198. The minimum Gasteiger partial charge on any atom is -0.487 e. The van der Waals surface area contributed by atoms with Crippen LogP contribution in [0.2, 0.25) is 0 Å². The Balaban J connectivity index is 1.26. The van der Waals surface area contributed by atoms with Crippen LogP contribution in [0.3, 0.4) is 0 Å². The van der Waals surface area contributed by atoms with E-state index in [1.807, 2.05) is 11.0 Å². The molecule has 0 amide bonds. The summed E-state index contributed by atoms with van der Waals surface area (Å²) in [5.74, 6) is 1.51. The van der Waals surface area contributed by atoms with Crippen molar-refractivity contribution >= 4 is 5.95 Å². The summed E-state index contributed by atoms with van der Waals surface area (Å²) in [5, 5.41) is 9.75. The number of benzene rings is 2. The summed E-state index contributed by atoms with van der Waals surface area (Å²) in [7, 11) is 0. The summed E-state index contributed by atoms with van der Waals surface area (Å²) < 4.78 is 6.01. The molecule has 1 aliphatic carbocycles. The Morgan fingerprint density at radius 2 is 1.74 bits per heavy atom. The number of nitrogens with zero attached hydrogens (tertiary/aromatic N) is 3. The van der Waals surface area contributed by atoms with Crippen LogP contribution in [0.25, 0.3) is 0 Å². The highest BCUT2D eigenvalue weighted by Crippen LogP contribution is 2.49. The number of aromatic nitrogens is 2. The first-order valence-corrected chi connectivity index (χ1v) is 11.2. The van der Waals surface area contributed by atoms with Crippen molar-refractivity contribution in [1.82, 2.24) is 9.97 Å². The van der Waals surface area contributed by atoms with E-state index >= 15 is 0 Å². The number of hydrogen-bond donors (Lipinski definition) is 1. The molecule has 0 radical (unpaired) electrons. The molecule has 1 aliphatic heterocycles. The van der Waals surface area contributed by atoms with Crippen LogP contribution in [-0.4, -0.2) is 34.3 Å². The normalized spacial score (nSPS) is 19.8. The van der Waals surface area contributed by atoms with Gasteiger partial charge in [-0.05, 0) is 55.5 Å². The maximum absolute atomic E-state index is 9.75. The number of aryl methyl sites for hydroxylation is 1. The van der Waals surface area contributed by atoms with Crippen molar-refractivity contribution in [3.63, 3.8) is 0 Å². The second-order valence-electron chi connectivity index (χ2n) is 8.85. The van der Waals surface area contributed by atoms with Crippen molar-refractivity contribution in [2.75, 3.05) is 18.0 Å². The zero-order valence-electron chi connectivity index (χ0n) is 18.0. The number of aliphatic hydroxyl groups is 1. The second kappa shape index (κ2) is 8.31. The molecular weight excluding hydrogens is 386 g/mol. The number of hydrogen-bond acceptors (Lipinski definition) is 5. The smallest absolute Gasteiger partial charge is 0.225 e. The Labute approximate surface area is 183 Å². The number of rotatable bonds is 6. The average Bonchev–Trinajstić information content (AvgIpc) is 3.20. The Morgan fingerprint density at radius 1 is 1.03 bits per heavy atom. The molecule has 3 aromatic rings. The van der Waals surface area contributed by atoms with Crippen molar-refractivity contribution in [2.45, 2.75) is 50.7 Å². The summed E-state index contributed by atoms with van der Waals surface area (Å²) >= 11 is 0. The highest BCUT2D eigenvalue weighted by molar-refractivity contribution is 5.44. The van der Waals surface area contributed by atoms with E-state index in [-0.39, 0.29) is 11.5 Å². The van der Waals surface area contributed by atoms with E-state index in [1.165, 1.54) is 36.0 Å². The molecule has 1 saturated carbocycles. The van der Waals surface area contributed by atoms with Gasteiger partial charge in [0.2, 0.25) is 5.95 Å². The molecular formula is C26H29N3O2. The Morgan fingerprint density at radius 3 is 2.35 bits per heavy atom. The Kier molecular flexibility index (Phi) is 5.36. The highest BCUT2D eigenvalue weighted by Gasteiger charge is 2.40. The molecule has 160 valence electrons.